The zero-order valence-electron chi connectivity index (χ0n) is 12.6. The molecule has 1 N–H and O–H groups in total. The number of aryl methyl sites for hydroxylation is 1. The minimum Gasteiger partial charge on any atom is -0.343 e. The van der Waals surface area contributed by atoms with Gasteiger partial charge in [0.15, 0.2) is 5.82 Å². The zero-order valence-corrected chi connectivity index (χ0v) is 12.6. The van der Waals surface area contributed by atoms with Crippen LogP contribution < -0.4 is 5.32 Å². The van der Waals surface area contributed by atoms with Crippen LogP contribution in [-0.2, 0) is 10.3 Å². The lowest BCUT2D eigenvalue weighted by Gasteiger charge is -2.30. The van der Waals surface area contributed by atoms with Gasteiger partial charge in [-0.1, -0.05) is 24.4 Å². The van der Waals surface area contributed by atoms with Gasteiger partial charge in [-0.15, -0.1) is 0 Å². The second-order valence-electron chi connectivity index (χ2n) is 7.20. The Labute approximate surface area is 124 Å². The van der Waals surface area contributed by atoms with E-state index >= 15 is 0 Å². The van der Waals surface area contributed by atoms with Gasteiger partial charge in [0.25, 0.3) is 0 Å². The lowest BCUT2D eigenvalue weighted by molar-refractivity contribution is -0.128. The minimum absolute atomic E-state index is 0.217. The lowest BCUT2D eigenvalue weighted by Crippen LogP contribution is -2.48. The van der Waals surface area contributed by atoms with Crippen molar-refractivity contribution in [2.45, 2.75) is 63.8 Å². The standard InChI is InChI=1S/C16H23N3O2/c1-10-17-15(19-21-10)16(6-2-3-7-16)18-14(20)13-9-11-4-5-12(13)8-11/h11-13H,2-9H2,1H3,(H,18,20). The number of carbonyl (C=O) groups excluding carboxylic acids is 1. The fourth-order valence-corrected chi connectivity index (χ4v) is 4.77. The molecule has 5 nitrogen and oxygen atoms in total. The third-order valence-electron chi connectivity index (χ3n) is 5.85. The molecule has 1 amide bonds. The van der Waals surface area contributed by atoms with E-state index in [9.17, 15) is 4.79 Å². The maximum absolute atomic E-state index is 12.8. The van der Waals surface area contributed by atoms with Crippen molar-refractivity contribution in [2.24, 2.45) is 17.8 Å². The van der Waals surface area contributed by atoms with Crippen LogP contribution in [0.4, 0.5) is 0 Å². The highest BCUT2D eigenvalue weighted by atomic mass is 16.5. The molecule has 3 fully saturated rings. The van der Waals surface area contributed by atoms with Crippen LogP contribution in [0.1, 0.15) is 63.1 Å². The van der Waals surface area contributed by atoms with Crippen molar-refractivity contribution in [3.05, 3.63) is 11.7 Å². The van der Waals surface area contributed by atoms with E-state index in [1.807, 2.05) is 0 Å². The van der Waals surface area contributed by atoms with Crippen LogP contribution in [0.2, 0.25) is 0 Å². The number of rotatable bonds is 3. The van der Waals surface area contributed by atoms with Crippen LogP contribution in [0, 0.1) is 24.7 Å². The SMILES string of the molecule is Cc1nc(C2(NC(=O)C3CC4CCC3C4)CCCC2)no1. The van der Waals surface area contributed by atoms with E-state index in [0.29, 0.717) is 17.6 Å². The van der Waals surface area contributed by atoms with Crippen molar-refractivity contribution < 1.29 is 9.32 Å². The Morgan fingerprint density at radius 3 is 2.67 bits per heavy atom. The predicted molar refractivity (Wildman–Crippen MR) is 76.3 cm³/mol. The molecule has 0 aliphatic heterocycles. The molecule has 2 bridgehead atoms. The van der Waals surface area contributed by atoms with Crippen LogP contribution in [0.3, 0.4) is 0 Å². The Balaban J connectivity index is 1.54. The van der Waals surface area contributed by atoms with Gasteiger partial charge in [0, 0.05) is 12.8 Å². The van der Waals surface area contributed by atoms with Crippen LogP contribution >= 0.6 is 0 Å². The van der Waals surface area contributed by atoms with Crippen LogP contribution in [0.15, 0.2) is 4.52 Å². The molecule has 3 unspecified atom stereocenters. The molecule has 0 aromatic carbocycles. The summed E-state index contributed by atoms with van der Waals surface area (Å²) >= 11 is 0. The number of carbonyl (C=O) groups is 1. The predicted octanol–water partition coefficient (Wildman–Crippen LogP) is 2.70. The third kappa shape index (κ3) is 2.17. The van der Waals surface area contributed by atoms with Gasteiger partial charge in [0.1, 0.15) is 5.54 Å². The van der Waals surface area contributed by atoms with Gasteiger partial charge in [-0.3, -0.25) is 4.79 Å². The Morgan fingerprint density at radius 1 is 1.29 bits per heavy atom. The first-order valence-electron chi connectivity index (χ1n) is 8.29. The molecule has 5 heteroatoms. The number of hydrogen-bond acceptors (Lipinski definition) is 4. The van der Waals surface area contributed by atoms with E-state index in [-0.39, 0.29) is 17.4 Å². The molecule has 3 aliphatic carbocycles. The molecule has 1 aromatic rings. The first kappa shape index (κ1) is 13.3. The fraction of sp³-hybridized carbons (Fsp3) is 0.812. The first-order valence-corrected chi connectivity index (χ1v) is 8.29. The zero-order chi connectivity index (χ0) is 14.4. The molecule has 21 heavy (non-hydrogen) atoms. The molecule has 1 heterocycles. The second-order valence-corrected chi connectivity index (χ2v) is 7.20. The van der Waals surface area contributed by atoms with Crippen LogP contribution in [0.25, 0.3) is 0 Å². The average Bonchev–Trinajstić information content (AvgIpc) is 3.22. The summed E-state index contributed by atoms with van der Waals surface area (Å²) in [5.74, 6) is 3.10. The van der Waals surface area contributed by atoms with Gasteiger partial charge in [0.05, 0.1) is 0 Å². The largest absolute Gasteiger partial charge is 0.343 e. The second kappa shape index (κ2) is 4.82. The maximum Gasteiger partial charge on any atom is 0.224 e. The smallest absolute Gasteiger partial charge is 0.224 e. The molecule has 3 atom stereocenters. The van der Waals surface area contributed by atoms with E-state index in [2.05, 4.69) is 15.5 Å². The lowest BCUT2D eigenvalue weighted by atomic mass is 9.86. The van der Waals surface area contributed by atoms with Gasteiger partial charge in [-0.25, -0.2) is 0 Å². The average molecular weight is 289 g/mol. The fourth-order valence-electron chi connectivity index (χ4n) is 4.77. The van der Waals surface area contributed by atoms with E-state index < -0.39 is 0 Å². The Kier molecular flexibility index (Phi) is 3.05. The van der Waals surface area contributed by atoms with Crippen molar-refractivity contribution in [1.29, 1.82) is 0 Å². The maximum atomic E-state index is 12.8. The molecule has 1 aromatic heterocycles. The van der Waals surface area contributed by atoms with Crippen molar-refractivity contribution in [3.8, 4) is 0 Å². The molecule has 0 spiro atoms. The highest BCUT2D eigenvalue weighted by Gasteiger charge is 2.47. The topological polar surface area (TPSA) is 68.0 Å². The number of nitrogens with zero attached hydrogens (tertiary/aromatic N) is 2. The van der Waals surface area contributed by atoms with E-state index in [0.717, 1.165) is 38.0 Å². The van der Waals surface area contributed by atoms with E-state index in [1.54, 1.807) is 6.92 Å². The number of hydrogen-bond donors (Lipinski definition) is 1. The number of aromatic nitrogens is 2. The highest BCUT2D eigenvalue weighted by Crippen LogP contribution is 2.49. The summed E-state index contributed by atoms with van der Waals surface area (Å²) in [6, 6.07) is 0. The summed E-state index contributed by atoms with van der Waals surface area (Å²) in [5, 5.41) is 7.42. The molecule has 0 radical (unpaired) electrons. The Morgan fingerprint density at radius 2 is 2.10 bits per heavy atom. The first-order chi connectivity index (χ1) is 10.2. The summed E-state index contributed by atoms with van der Waals surface area (Å²) in [4.78, 5) is 17.2. The van der Waals surface area contributed by atoms with Gasteiger partial charge in [-0.05, 0) is 43.9 Å². The Bertz CT molecular complexity index is 547. The van der Waals surface area contributed by atoms with Gasteiger partial charge >= 0.3 is 0 Å². The monoisotopic (exact) mass is 289 g/mol. The summed E-state index contributed by atoms with van der Waals surface area (Å²) < 4.78 is 5.15. The number of amides is 1. The normalized spacial score (nSPS) is 33.5. The molecule has 114 valence electrons. The van der Waals surface area contributed by atoms with Crippen molar-refractivity contribution in [3.63, 3.8) is 0 Å². The number of nitrogens with one attached hydrogen (secondary N) is 1. The van der Waals surface area contributed by atoms with Crippen molar-refractivity contribution >= 4 is 5.91 Å². The third-order valence-corrected chi connectivity index (χ3v) is 5.85. The van der Waals surface area contributed by atoms with Crippen LogP contribution in [-0.4, -0.2) is 16.0 Å². The summed E-state index contributed by atoms with van der Waals surface area (Å²) in [6.45, 7) is 1.80. The summed E-state index contributed by atoms with van der Waals surface area (Å²) in [6.07, 6.45) is 8.98. The number of fused-ring (bicyclic) bond motifs is 2. The molecular weight excluding hydrogens is 266 g/mol. The van der Waals surface area contributed by atoms with E-state index in [1.165, 1.54) is 19.3 Å². The molecule has 4 rings (SSSR count). The van der Waals surface area contributed by atoms with Crippen molar-refractivity contribution in [2.75, 3.05) is 0 Å². The van der Waals surface area contributed by atoms with Gasteiger partial charge < -0.3 is 9.84 Å². The molecule has 3 aliphatic rings. The quantitative estimate of drug-likeness (QED) is 0.929. The van der Waals surface area contributed by atoms with Crippen molar-refractivity contribution in [1.82, 2.24) is 15.5 Å². The summed E-state index contributed by atoms with van der Waals surface area (Å²) in [5.41, 5.74) is -0.378. The molecule has 3 saturated carbocycles. The molecular formula is C16H23N3O2. The van der Waals surface area contributed by atoms with Gasteiger partial charge in [-0.2, -0.15) is 4.98 Å². The summed E-state index contributed by atoms with van der Waals surface area (Å²) in [7, 11) is 0. The Hall–Kier alpha value is -1.39. The van der Waals surface area contributed by atoms with Gasteiger partial charge in [0.2, 0.25) is 11.8 Å². The molecule has 0 saturated heterocycles. The minimum atomic E-state index is -0.378. The van der Waals surface area contributed by atoms with Crippen LogP contribution in [0.5, 0.6) is 0 Å². The van der Waals surface area contributed by atoms with E-state index in [4.69, 9.17) is 4.52 Å². The highest BCUT2D eigenvalue weighted by molar-refractivity contribution is 5.80.